The number of hydrogen-bond donors (Lipinski definition) is 0. The molecule has 4 fully saturated rings. The van der Waals surface area contributed by atoms with Gasteiger partial charge in [-0.15, -0.1) is 0 Å². The summed E-state index contributed by atoms with van der Waals surface area (Å²) in [6.07, 6.45) is 11.7. The summed E-state index contributed by atoms with van der Waals surface area (Å²) in [6.45, 7) is 2.34. The zero-order chi connectivity index (χ0) is 11.6. The van der Waals surface area contributed by atoms with Crippen LogP contribution in [0.1, 0.15) is 45.4 Å². The molecule has 5 rings (SSSR count). The van der Waals surface area contributed by atoms with Crippen LogP contribution in [0.5, 0.6) is 0 Å². The highest BCUT2D eigenvalue weighted by Crippen LogP contribution is 2.60. The smallest absolute Gasteiger partial charge is 0.0216 e. The van der Waals surface area contributed by atoms with Crippen molar-refractivity contribution in [3.63, 3.8) is 0 Å². The second kappa shape index (κ2) is 3.85. The summed E-state index contributed by atoms with van der Waals surface area (Å²) in [7, 11) is 0. The fourth-order valence-electron chi connectivity index (χ4n) is 5.74. The van der Waals surface area contributed by atoms with Gasteiger partial charge in [-0.25, -0.2) is 0 Å². The van der Waals surface area contributed by atoms with Gasteiger partial charge < -0.3 is 0 Å². The first kappa shape index (κ1) is 11.1. The van der Waals surface area contributed by atoms with E-state index in [9.17, 15) is 0 Å². The van der Waals surface area contributed by atoms with E-state index in [0.29, 0.717) is 0 Å². The minimum Gasteiger partial charge on any atom is -0.0884 e. The first-order valence-corrected chi connectivity index (χ1v) is 8.47. The molecule has 5 atom stereocenters. The highest BCUT2D eigenvalue weighted by Gasteiger charge is 2.53. The lowest BCUT2D eigenvalue weighted by molar-refractivity contribution is -0.0254. The average Bonchev–Trinajstić information content (AvgIpc) is 2.71. The van der Waals surface area contributed by atoms with Crippen LogP contribution in [0, 0.1) is 35.5 Å². The van der Waals surface area contributed by atoms with Crippen LogP contribution in [0.3, 0.4) is 0 Å². The Bertz CT molecular complexity index is 351. The standard InChI is InChI=1S/C16H23Br/c1-9-6-12-8-13-10-2-4-11(5-3-10)15(13)16(17)14(12)7-9/h6,10-16H,2-5,7-8H2,1H3. The van der Waals surface area contributed by atoms with Crippen LogP contribution in [0.15, 0.2) is 11.6 Å². The minimum atomic E-state index is 0.827. The monoisotopic (exact) mass is 294 g/mol. The van der Waals surface area contributed by atoms with Gasteiger partial charge in [-0.1, -0.05) is 27.6 Å². The third-order valence-corrected chi connectivity index (χ3v) is 7.68. The van der Waals surface area contributed by atoms with Crippen LogP contribution in [0.4, 0.5) is 0 Å². The average molecular weight is 295 g/mol. The molecule has 0 heterocycles. The Hall–Kier alpha value is 0.220. The Morgan fingerprint density at radius 1 is 1.06 bits per heavy atom. The molecule has 17 heavy (non-hydrogen) atoms. The predicted molar refractivity (Wildman–Crippen MR) is 75.1 cm³/mol. The van der Waals surface area contributed by atoms with Gasteiger partial charge in [-0.3, -0.25) is 0 Å². The summed E-state index contributed by atoms with van der Waals surface area (Å²) in [6, 6.07) is 0. The van der Waals surface area contributed by atoms with Crippen LogP contribution < -0.4 is 0 Å². The number of hydrogen-bond acceptors (Lipinski definition) is 0. The van der Waals surface area contributed by atoms with Crippen LogP contribution in [0.2, 0.25) is 0 Å². The van der Waals surface area contributed by atoms with Crippen molar-refractivity contribution in [2.24, 2.45) is 35.5 Å². The number of rotatable bonds is 0. The molecule has 0 radical (unpaired) electrons. The Morgan fingerprint density at radius 3 is 2.53 bits per heavy atom. The predicted octanol–water partition coefficient (Wildman–Crippen LogP) is 4.79. The quantitative estimate of drug-likeness (QED) is 0.445. The molecule has 0 amide bonds. The summed E-state index contributed by atoms with van der Waals surface area (Å²) in [5.74, 6) is 6.10. The molecule has 0 nitrogen and oxygen atoms in total. The Morgan fingerprint density at radius 2 is 1.76 bits per heavy atom. The molecule has 94 valence electrons. The summed E-state index contributed by atoms with van der Waals surface area (Å²) in [5, 5.41) is 0. The molecular formula is C16H23Br. The largest absolute Gasteiger partial charge is 0.0884 e. The lowest BCUT2D eigenvalue weighted by Crippen LogP contribution is -2.50. The molecule has 2 bridgehead atoms. The topological polar surface area (TPSA) is 0 Å². The number of allylic oxidation sites excluding steroid dienone is 2. The van der Waals surface area contributed by atoms with E-state index in [4.69, 9.17) is 0 Å². The van der Waals surface area contributed by atoms with Gasteiger partial charge in [0, 0.05) is 4.83 Å². The Kier molecular flexibility index (Phi) is 2.51. The fourth-order valence-corrected chi connectivity index (χ4v) is 7.14. The molecule has 0 aromatic heterocycles. The molecule has 0 aromatic carbocycles. The summed E-state index contributed by atoms with van der Waals surface area (Å²) in [4.78, 5) is 0.827. The van der Waals surface area contributed by atoms with Crippen molar-refractivity contribution >= 4 is 15.9 Å². The maximum Gasteiger partial charge on any atom is 0.0216 e. The molecule has 0 N–H and O–H groups in total. The molecular weight excluding hydrogens is 272 g/mol. The first-order chi connectivity index (χ1) is 8.24. The van der Waals surface area contributed by atoms with Gasteiger partial charge >= 0.3 is 0 Å². The second-order valence-corrected chi connectivity index (χ2v) is 8.20. The van der Waals surface area contributed by atoms with Crippen molar-refractivity contribution in [1.82, 2.24) is 0 Å². The van der Waals surface area contributed by atoms with Gasteiger partial charge in [-0.05, 0) is 81.0 Å². The normalized spacial score (nSPS) is 56.4. The zero-order valence-electron chi connectivity index (χ0n) is 10.7. The molecule has 0 aliphatic heterocycles. The molecule has 0 spiro atoms. The van der Waals surface area contributed by atoms with E-state index < -0.39 is 0 Å². The lowest BCUT2D eigenvalue weighted by atomic mass is 9.52. The maximum atomic E-state index is 4.13. The molecule has 5 aliphatic rings. The van der Waals surface area contributed by atoms with Gasteiger partial charge in [0.2, 0.25) is 0 Å². The van der Waals surface area contributed by atoms with Crippen molar-refractivity contribution in [1.29, 1.82) is 0 Å². The summed E-state index contributed by atoms with van der Waals surface area (Å²) in [5.41, 5.74) is 1.66. The lowest BCUT2D eigenvalue weighted by Gasteiger charge is -2.56. The van der Waals surface area contributed by atoms with E-state index in [2.05, 4.69) is 28.9 Å². The van der Waals surface area contributed by atoms with Gasteiger partial charge in [0.1, 0.15) is 0 Å². The number of halogens is 1. The minimum absolute atomic E-state index is 0.827. The van der Waals surface area contributed by atoms with E-state index >= 15 is 0 Å². The van der Waals surface area contributed by atoms with Crippen LogP contribution in [-0.4, -0.2) is 4.83 Å². The van der Waals surface area contributed by atoms with Crippen molar-refractivity contribution in [2.75, 3.05) is 0 Å². The highest BCUT2D eigenvalue weighted by atomic mass is 79.9. The Balaban J connectivity index is 1.66. The molecule has 5 aliphatic carbocycles. The summed E-state index contributed by atoms with van der Waals surface area (Å²) >= 11 is 4.13. The SMILES string of the molecule is CC1=CC2CC3C4CCC(CC4)C3C(Br)C2C1. The van der Waals surface area contributed by atoms with Crippen molar-refractivity contribution in [3.05, 3.63) is 11.6 Å². The molecule has 0 saturated heterocycles. The van der Waals surface area contributed by atoms with E-state index in [1.807, 2.05) is 0 Å². The first-order valence-electron chi connectivity index (χ1n) is 7.55. The van der Waals surface area contributed by atoms with Gasteiger partial charge in [0.15, 0.2) is 0 Å². The fraction of sp³-hybridized carbons (Fsp3) is 0.875. The van der Waals surface area contributed by atoms with E-state index in [1.165, 1.54) is 25.7 Å². The van der Waals surface area contributed by atoms with Crippen LogP contribution >= 0.6 is 15.9 Å². The van der Waals surface area contributed by atoms with Gasteiger partial charge in [0.05, 0.1) is 0 Å². The highest BCUT2D eigenvalue weighted by molar-refractivity contribution is 9.09. The van der Waals surface area contributed by atoms with Gasteiger partial charge in [0.25, 0.3) is 0 Å². The van der Waals surface area contributed by atoms with Crippen molar-refractivity contribution < 1.29 is 0 Å². The number of alkyl halides is 1. The molecule has 0 aromatic rings. The number of fused-ring (bicyclic) bond motifs is 3. The van der Waals surface area contributed by atoms with Crippen LogP contribution in [-0.2, 0) is 0 Å². The zero-order valence-corrected chi connectivity index (χ0v) is 12.3. The van der Waals surface area contributed by atoms with E-state index in [-0.39, 0.29) is 0 Å². The van der Waals surface area contributed by atoms with Crippen molar-refractivity contribution in [3.8, 4) is 0 Å². The third-order valence-electron chi connectivity index (χ3n) is 6.39. The van der Waals surface area contributed by atoms with Gasteiger partial charge in [-0.2, -0.15) is 0 Å². The third kappa shape index (κ3) is 1.54. The second-order valence-electron chi connectivity index (χ2n) is 7.14. The van der Waals surface area contributed by atoms with Crippen LogP contribution in [0.25, 0.3) is 0 Å². The van der Waals surface area contributed by atoms with E-state index in [0.717, 1.165) is 40.3 Å². The molecule has 1 heteroatoms. The maximum absolute atomic E-state index is 4.13. The van der Waals surface area contributed by atoms with E-state index in [1.54, 1.807) is 18.4 Å². The molecule has 4 saturated carbocycles. The molecule has 5 unspecified atom stereocenters. The summed E-state index contributed by atoms with van der Waals surface area (Å²) < 4.78 is 0. The van der Waals surface area contributed by atoms with Crippen molar-refractivity contribution in [2.45, 2.75) is 50.3 Å². The Labute approximate surface area is 113 Å².